The number of anilines is 1. The Hall–Kier alpha value is -3.10. The highest BCUT2D eigenvalue weighted by molar-refractivity contribution is 5.47. The number of tetrazole rings is 1. The third-order valence-electron chi connectivity index (χ3n) is 3.72. The second kappa shape index (κ2) is 6.08. The van der Waals surface area contributed by atoms with Gasteiger partial charge >= 0.3 is 11.9 Å². The van der Waals surface area contributed by atoms with Gasteiger partial charge in [0.25, 0.3) is 0 Å². The minimum atomic E-state index is -4.51. The van der Waals surface area contributed by atoms with Crippen molar-refractivity contribution in [2.45, 2.75) is 19.6 Å². The summed E-state index contributed by atoms with van der Waals surface area (Å²) >= 11 is 0. The van der Waals surface area contributed by atoms with E-state index in [4.69, 9.17) is 5.73 Å². The third-order valence-corrected chi connectivity index (χ3v) is 3.72. The molecular formula is C16H14F3N5O. The standard InChI is InChI=1S/C16H14F3N5O/c1-10-7-11(5-6-14(10)20)9-23-22-21-15(25)24(23)13-4-2-3-12(8-13)16(17,18)19/h2-8H,9,20H2,1H3. The van der Waals surface area contributed by atoms with Crippen LogP contribution in [0.4, 0.5) is 18.9 Å². The predicted octanol–water partition coefficient (Wildman–Crippen LogP) is 2.39. The van der Waals surface area contributed by atoms with Gasteiger partial charge in [-0.2, -0.15) is 22.6 Å². The van der Waals surface area contributed by atoms with Crippen molar-refractivity contribution in [1.82, 2.24) is 19.8 Å². The molecule has 0 fully saturated rings. The zero-order valence-corrected chi connectivity index (χ0v) is 13.2. The van der Waals surface area contributed by atoms with E-state index >= 15 is 0 Å². The van der Waals surface area contributed by atoms with Crippen molar-refractivity contribution in [2.75, 3.05) is 5.73 Å². The molecule has 3 rings (SSSR count). The van der Waals surface area contributed by atoms with Crippen molar-refractivity contribution in [3.63, 3.8) is 0 Å². The summed E-state index contributed by atoms with van der Waals surface area (Å²) in [4.78, 5) is 13.2. The van der Waals surface area contributed by atoms with Crippen LogP contribution < -0.4 is 11.4 Å². The fourth-order valence-corrected chi connectivity index (χ4v) is 2.43. The van der Waals surface area contributed by atoms with Crippen LogP contribution in [0, 0.1) is 6.92 Å². The molecule has 0 spiro atoms. The van der Waals surface area contributed by atoms with Crippen LogP contribution in [-0.4, -0.2) is 19.8 Å². The maximum absolute atomic E-state index is 12.9. The Labute approximate surface area is 140 Å². The summed E-state index contributed by atoms with van der Waals surface area (Å²) in [5.41, 5.74) is 6.46. The average molecular weight is 349 g/mol. The normalized spacial score (nSPS) is 11.7. The highest BCUT2D eigenvalue weighted by Crippen LogP contribution is 2.30. The van der Waals surface area contributed by atoms with E-state index in [1.165, 1.54) is 16.9 Å². The molecule has 0 saturated carbocycles. The van der Waals surface area contributed by atoms with E-state index in [0.717, 1.165) is 27.9 Å². The van der Waals surface area contributed by atoms with Gasteiger partial charge < -0.3 is 5.73 Å². The van der Waals surface area contributed by atoms with Crippen molar-refractivity contribution < 1.29 is 13.2 Å². The molecule has 0 amide bonds. The topological polar surface area (TPSA) is 78.7 Å². The average Bonchev–Trinajstić information content (AvgIpc) is 2.91. The number of nitrogens with zero attached hydrogens (tertiary/aromatic N) is 4. The minimum absolute atomic E-state index is 0.0389. The van der Waals surface area contributed by atoms with Crippen molar-refractivity contribution in [1.29, 1.82) is 0 Å². The first kappa shape index (κ1) is 16.7. The first-order chi connectivity index (χ1) is 11.8. The smallest absolute Gasteiger partial charge is 0.399 e. The predicted molar refractivity (Wildman–Crippen MR) is 85.3 cm³/mol. The second-order valence-electron chi connectivity index (χ2n) is 5.55. The molecule has 0 aliphatic heterocycles. The zero-order valence-electron chi connectivity index (χ0n) is 13.2. The van der Waals surface area contributed by atoms with Gasteiger partial charge in [-0.3, -0.25) is 0 Å². The van der Waals surface area contributed by atoms with E-state index in [1.54, 1.807) is 12.1 Å². The number of benzene rings is 2. The Kier molecular flexibility index (Phi) is 4.07. The largest absolute Gasteiger partial charge is 0.416 e. The van der Waals surface area contributed by atoms with Crippen molar-refractivity contribution in [3.05, 3.63) is 69.6 Å². The summed E-state index contributed by atoms with van der Waals surface area (Å²) in [7, 11) is 0. The lowest BCUT2D eigenvalue weighted by molar-refractivity contribution is -0.137. The van der Waals surface area contributed by atoms with E-state index in [-0.39, 0.29) is 12.2 Å². The number of nitrogens with two attached hydrogens (primary N) is 1. The van der Waals surface area contributed by atoms with E-state index in [0.29, 0.717) is 5.69 Å². The third kappa shape index (κ3) is 3.39. The van der Waals surface area contributed by atoms with Gasteiger partial charge in [-0.25, -0.2) is 4.79 Å². The number of hydrogen-bond donors (Lipinski definition) is 1. The Morgan fingerprint density at radius 3 is 2.60 bits per heavy atom. The Balaban J connectivity index is 2.03. The van der Waals surface area contributed by atoms with Crippen molar-refractivity contribution in [2.24, 2.45) is 0 Å². The molecule has 0 unspecified atom stereocenters. The number of hydrogen-bond acceptors (Lipinski definition) is 4. The molecule has 0 saturated heterocycles. The van der Waals surface area contributed by atoms with Gasteiger partial charge in [-0.05, 0) is 47.5 Å². The van der Waals surface area contributed by atoms with Crippen LogP contribution in [0.3, 0.4) is 0 Å². The van der Waals surface area contributed by atoms with E-state index < -0.39 is 17.4 Å². The van der Waals surface area contributed by atoms with Crippen LogP contribution in [0.2, 0.25) is 0 Å². The fraction of sp³-hybridized carbons (Fsp3) is 0.188. The van der Waals surface area contributed by atoms with E-state index in [2.05, 4.69) is 10.3 Å². The Bertz CT molecular complexity index is 974. The summed E-state index contributed by atoms with van der Waals surface area (Å²) in [5.74, 6) is 0. The molecule has 1 aromatic heterocycles. The molecule has 25 heavy (non-hydrogen) atoms. The lowest BCUT2D eigenvalue weighted by atomic mass is 10.1. The van der Waals surface area contributed by atoms with Crippen LogP contribution in [0.25, 0.3) is 5.69 Å². The molecule has 130 valence electrons. The van der Waals surface area contributed by atoms with Gasteiger partial charge in [0, 0.05) is 5.69 Å². The first-order valence-corrected chi connectivity index (χ1v) is 7.31. The first-order valence-electron chi connectivity index (χ1n) is 7.31. The van der Waals surface area contributed by atoms with Gasteiger partial charge in [-0.15, -0.1) is 0 Å². The molecule has 0 aliphatic rings. The summed E-state index contributed by atoms with van der Waals surface area (Å²) in [6.45, 7) is 1.99. The molecule has 0 radical (unpaired) electrons. The molecule has 1 heterocycles. The number of aryl methyl sites for hydroxylation is 1. The highest BCUT2D eigenvalue weighted by Gasteiger charge is 2.30. The van der Waals surface area contributed by atoms with Crippen LogP contribution in [0.5, 0.6) is 0 Å². The lowest BCUT2D eigenvalue weighted by Crippen LogP contribution is -2.23. The quantitative estimate of drug-likeness (QED) is 0.737. The zero-order chi connectivity index (χ0) is 18.2. The van der Waals surface area contributed by atoms with E-state index in [9.17, 15) is 18.0 Å². The van der Waals surface area contributed by atoms with Crippen molar-refractivity contribution >= 4 is 5.69 Å². The fourth-order valence-electron chi connectivity index (χ4n) is 2.43. The summed E-state index contributed by atoms with van der Waals surface area (Å²) < 4.78 is 39.7. The number of alkyl halides is 3. The van der Waals surface area contributed by atoms with Gasteiger partial charge in [0.05, 0.1) is 17.8 Å². The Morgan fingerprint density at radius 2 is 1.92 bits per heavy atom. The summed E-state index contributed by atoms with van der Waals surface area (Å²) in [6.07, 6.45) is -4.51. The van der Waals surface area contributed by atoms with Gasteiger partial charge in [0.2, 0.25) is 0 Å². The molecule has 6 nitrogen and oxygen atoms in total. The van der Waals surface area contributed by atoms with Gasteiger partial charge in [0.1, 0.15) is 0 Å². The molecule has 0 bridgehead atoms. The van der Waals surface area contributed by atoms with Gasteiger partial charge in [0.15, 0.2) is 0 Å². The molecule has 3 aromatic rings. The van der Waals surface area contributed by atoms with E-state index in [1.807, 2.05) is 13.0 Å². The maximum atomic E-state index is 12.9. The highest BCUT2D eigenvalue weighted by atomic mass is 19.4. The molecule has 0 atom stereocenters. The molecular weight excluding hydrogens is 335 g/mol. The minimum Gasteiger partial charge on any atom is -0.399 e. The van der Waals surface area contributed by atoms with Crippen LogP contribution >= 0.6 is 0 Å². The number of rotatable bonds is 3. The molecule has 2 aromatic carbocycles. The summed E-state index contributed by atoms with van der Waals surface area (Å²) in [6, 6.07) is 9.73. The second-order valence-corrected chi connectivity index (χ2v) is 5.55. The van der Waals surface area contributed by atoms with Crippen LogP contribution in [0.15, 0.2) is 47.3 Å². The number of halogens is 3. The molecule has 9 heteroatoms. The van der Waals surface area contributed by atoms with Crippen LogP contribution in [0.1, 0.15) is 16.7 Å². The van der Waals surface area contributed by atoms with Crippen molar-refractivity contribution in [3.8, 4) is 5.69 Å². The number of nitrogen functional groups attached to an aromatic ring is 1. The lowest BCUT2D eigenvalue weighted by Gasteiger charge is -2.12. The Morgan fingerprint density at radius 1 is 1.16 bits per heavy atom. The monoisotopic (exact) mass is 349 g/mol. The number of aromatic nitrogens is 4. The maximum Gasteiger partial charge on any atom is 0.416 e. The molecule has 0 aliphatic carbocycles. The SMILES string of the molecule is Cc1cc(Cn2nnc(=O)n2-c2cccc(C(F)(F)F)c2)ccc1N. The molecule has 2 N–H and O–H groups in total. The van der Waals surface area contributed by atoms with Crippen LogP contribution in [-0.2, 0) is 12.7 Å². The van der Waals surface area contributed by atoms with Gasteiger partial charge in [-0.1, -0.05) is 23.3 Å². The summed E-state index contributed by atoms with van der Waals surface area (Å²) in [5, 5.41) is 7.17.